The van der Waals surface area contributed by atoms with Crippen LogP contribution in [0.4, 0.5) is 0 Å². The minimum atomic E-state index is -0.882. The quantitative estimate of drug-likeness (QED) is 0.855. The fourth-order valence-electron chi connectivity index (χ4n) is 3.67. The van der Waals surface area contributed by atoms with Gasteiger partial charge >= 0.3 is 5.97 Å². The van der Waals surface area contributed by atoms with Crippen molar-refractivity contribution in [2.24, 2.45) is 0 Å². The van der Waals surface area contributed by atoms with E-state index in [1.165, 1.54) is 11.3 Å². The van der Waals surface area contributed by atoms with Crippen molar-refractivity contribution in [3.8, 4) is 0 Å². The first-order valence-corrected chi connectivity index (χ1v) is 9.63. The Balaban J connectivity index is 1.63. The van der Waals surface area contributed by atoms with Crippen molar-refractivity contribution in [1.82, 2.24) is 14.8 Å². The maximum Gasteiger partial charge on any atom is 0.322 e. The van der Waals surface area contributed by atoms with Gasteiger partial charge in [-0.05, 0) is 43.0 Å². The van der Waals surface area contributed by atoms with Gasteiger partial charge in [-0.1, -0.05) is 0 Å². The average molecular weight is 359 g/mol. The monoisotopic (exact) mass is 359 g/mol. The largest absolute Gasteiger partial charge is 0.480 e. The molecule has 1 amide bonds. The highest BCUT2D eigenvalue weighted by Gasteiger charge is 2.32. The first-order chi connectivity index (χ1) is 12.0. The molecule has 6 nitrogen and oxygen atoms in total. The predicted molar refractivity (Wildman–Crippen MR) is 98.1 cm³/mol. The molecule has 0 saturated carbocycles. The number of aromatic amines is 1. The molecule has 25 heavy (non-hydrogen) atoms. The van der Waals surface area contributed by atoms with Crippen LogP contribution in [0.25, 0.3) is 10.9 Å². The van der Waals surface area contributed by atoms with E-state index in [4.69, 9.17) is 0 Å². The third-order valence-electron chi connectivity index (χ3n) is 5.20. The summed E-state index contributed by atoms with van der Waals surface area (Å²) in [4.78, 5) is 31.2. The van der Waals surface area contributed by atoms with Crippen LogP contribution in [0.3, 0.4) is 0 Å². The van der Waals surface area contributed by atoms with E-state index in [1.54, 1.807) is 16.8 Å². The molecule has 0 spiro atoms. The van der Waals surface area contributed by atoms with Gasteiger partial charge in [-0.15, -0.1) is 0 Å². The zero-order chi connectivity index (χ0) is 17.6. The van der Waals surface area contributed by atoms with Crippen LogP contribution in [0.2, 0.25) is 0 Å². The smallest absolute Gasteiger partial charge is 0.322 e. The number of rotatable bonds is 2. The molecule has 1 fully saturated rings. The van der Waals surface area contributed by atoms with Gasteiger partial charge in [-0.25, -0.2) is 0 Å². The van der Waals surface area contributed by atoms with Crippen molar-refractivity contribution in [3.05, 3.63) is 35.0 Å². The summed E-state index contributed by atoms with van der Waals surface area (Å²) >= 11 is 1.92. The summed E-state index contributed by atoms with van der Waals surface area (Å²) in [6, 6.07) is 5.13. The second-order valence-corrected chi connectivity index (χ2v) is 7.84. The Morgan fingerprint density at radius 3 is 2.96 bits per heavy atom. The average Bonchev–Trinajstić information content (AvgIpc) is 2.99. The number of nitrogens with one attached hydrogen (secondary N) is 1. The highest BCUT2D eigenvalue weighted by Crippen LogP contribution is 2.32. The molecule has 4 rings (SSSR count). The number of hydrogen-bond donors (Lipinski definition) is 2. The second kappa shape index (κ2) is 6.38. The number of aromatic nitrogens is 1. The molecule has 7 heteroatoms. The molecule has 0 bridgehead atoms. The summed E-state index contributed by atoms with van der Waals surface area (Å²) in [5.41, 5.74) is 4.30. The van der Waals surface area contributed by atoms with Gasteiger partial charge in [0.1, 0.15) is 6.04 Å². The molecule has 1 atom stereocenters. The van der Waals surface area contributed by atoms with E-state index in [0.29, 0.717) is 18.7 Å². The fraction of sp³-hybridized carbons (Fsp3) is 0.444. The summed E-state index contributed by atoms with van der Waals surface area (Å²) in [5.74, 6) is 1.14. The molecule has 1 saturated heterocycles. The number of fused-ring (bicyclic) bond motifs is 3. The van der Waals surface area contributed by atoms with Crippen molar-refractivity contribution >= 4 is 34.5 Å². The molecule has 2 N–H and O–H groups in total. The molecule has 2 aliphatic rings. The van der Waals surface area contributed by atoms with E-state index in [9.17, 15) is 14.7 Å². The maximum absolute atomic E-state index is 12.9. The third kappa shape index (κ3) is 2.91. The van der Waals surface area contributed by atoms with E-state index in [1.807, 2.05) is 30.0 Å². The lowest BCUT2D eigenvalue weighted by molar-refractivity contribution is -0.144. The number of carbonyl (C=O) groups excluding carboxylic acids is 1. The number of hydrogen-bond acceptors (Lipinski definition) is 4. The van der Waals surface area contributed by atoms with Crippen LogP contribution in [0, 0.1) is 0 Å². The van der Waals surface area contributed by atoms with E-state index < -0.39 is 12.0 Å². The molecule has 1 aromatic carbocycles. The summed E-state index contributed by atoms with van der Waals surface area (Å²) in [6.45, 7) is 1.35. The number of carboxylic acid groups (broad SMARTS) is 1. The number of H-pyrrole nitrogens is 1. The van der Waals surface area contributed by atoms with Gasteiger partial charge in [0.2, 0.25) is 0 Å². The van der Waals surface area contributed by atoms with Crippen LogP contribution in [0.5, 0.6) is 0 Å². The number of amides is 1. The highest BCUT2D eigenvalue weighted by atomic mass is 32.2. The Labute approximate surface area is 150 Å². The number of nitrogens with zero attached hydrogens (tertiary/aromatic N) is 2. The van der Waals surface area contributed by atoms with Gasteiger partial charge < -0.3 is 15.0 Å². The molecule has 0 unspecified atom stereocenters. The topological polar surface area (TPSA) is 76.6 Å². The highest BCUT2D eigenvalue weighted by molar-refractivity contribution is 7.98. The van der Waals surface area contributed by atoms with E-state index in [-0.39, 0.29) is 12.5 Å². The lowest BCUT2D eigenvalue weighted by Crippen LogP contribution is -2.56. The molecule has 3 heterocycles. The first-order valence-electron chi connectivity index (χ1n) is 8.48. The Hall–Kier alpha value is -1.99. The summed E-state index contributed by atoms with van der Waals surface area (Å²) in [5, 5.41) is 10.5. The van der Waals surface area contributed by atoms with Crippen LogP contribution in [0.15, 0.2) is 18.2 Å². The Morgan fingerprint density at radius 1 is 1.32 bits per heavy atom. The van der Waals surface area contributed by atoms with Gasteiger partial charge in [0.15, 0.2) is 0 Å². The van der Waals surface area contributed by atoms with Crippen molar-refractivity contribution in [3.63, 3.8) is 0 Å². The number of benzene rings is 1. The zero-order valence-electron chi connectivity index (χ0n) is 14.1. The first kappa shape index (κ1) is 16.5. The molecule has 0 radical (unpaired) electrons. The zero-order valence-corrected chi connectivity index (χ0v) is 14.9. The summed E-state index contributed by atoms with van der Waals surface area (Å²) in [6.07, 6.45) is 1.04. The second-order valence-electron chi connectivity index (χ2n) is 6.73. The number of likely N-dealkylation sites (N-methyl/N-ethyl adjacent to an activating group) is 1. The van der Waals surface area contributed by atoms with Crippen LogP contribution >= 0.6 is 11.8 Å². The minimum absolute atomic E-state index is 0.0836. The van der Waals surface area contributed by atoms with E-state index in [2.05, 4.69) is 4.98 Å². The van der Waals surface area contributed by atoms with E-state index >= 15 is 0 Å². The number of aryl methyl sites for hydroxylation is 1. The standard InChI is InChI=1S/C18H21N3O3S/c1-20-5-6-21(9-16(20)18(23)24)17(22)11-2-3-14-12(8-11)13-10-25-7-4-15(13)19-14/h2-3,8,16,19H,4-7,9-10H2,1H3,(H,23,24)/t16-/m1/s1. The van der Waals surface area contributed by atoms with E-state index in [0.717, 1.165) is 28.8 Å². The Kier molecular flexibility index (Phi) is 4.21. The fourth-order valence-corrected chi connectivity index (χ4v) is 4.70. The number of carboxylic acids is 1. The lowest BCUT2D eigenvalue weighted by atomic mass is 10.1. The molecule has 0 aliphatic carbocycles. The van der Waals surface area contributed by atoms with Gasteiger partial charge in [-0.3, -0.25) is 14.5 Å². The molecule has 2 aromatic rings. The van der Waals surface area contributed by atoms with Crippen LogP contribution in [-0.4, -0.2) is 70.2 Å². The van der Waals surface area contributed by atoms with Gasteiger partial charge in [0.25, 0.3) is 5.91 Å². The normalized spacial score (nSPS) is 21.3. The number of aliphatic carboxylic acids is 1. The molecule has 2 aliphatic heterocycles. The third-order valence-corrected chi connectivity index (χ3v) is 6.19. The Morgan fingerprint density at radius 2 is 2.16 bits per heavy atom. The molecule has 1 aromatic heterocycles. The van der Waals surface area contributed by atoms with Crippen molar-refractivity contribution < 1.29 is 14.7 Å². The lowest BCUT2D eigenvalue weighted by Gasteiger charge is -2.37. The van der Waals surface area contributed by atoms with Crippen molar-refractivity contribution in [2.45, 2.75) is 18.2 Å². The van der Waals surface area contributed by atoms with Crippen LogP contribution in [-0.2, 0) is 17.0 Å². The van der Waals surface area contributed by atoms with Gasteiger partial charge in [0.05, 0.1) is 0 Å². The van der Waals surface area contributed by atoms with Gasteiger partial charge in [-0.2, -0.15) is 11.8 Å². The molecule has 132 valence electrons. The van der Waals surface area contributed by atoms with Crippen molar-refractivity contribution in [2.75, 3.05) is 32.4 Å². The van der Waals surface area contributed by atoms with Gasteiger partial charge in [0, 0.05) is 47.5 Å². The minimum Gasteiger partial charge on any atom is -0.480 e. The number of carbonyl (C=O) groups is 2. The van der Waals surface area contributed by atoms with Crippen molar-refractivity contribution in [1.29, 1.82) is 0 Å². The predicted octanol–water partition coefficient (Wildman–Crippen LogP) is 1.80. The van der Waals surface area contributed by atoms with Crippen LogP contribution < -0.4 is 0 Å². The Bertz CT molecular complexity index is 847. The summed E-state index contributed by atoms with van der Waals surface area (Å²) < 4.78 is 0. The van der Waals surface area contributed by atoms with Crippen LogP contribution in [0.1, 0.15) is 21.6 Å². The number of piperazine rings is 1. The summed E-state index contributed by atoms with van der Waals surface area (Å²) in [7, 11) is 1.79. The maximum atomic E-state index is 12.9. The molecular formula is C18H21N3O3S. The number of thioether (sulfide) groups is 1. The molecular weight excluding hydrogens is 338 g/mol. The SMILES string of the molecule is CN1CCN(C(=O)c2ccc3[nH]c4c(c3c2)CSCC4)C[C@@H]1C(=O)O.